The second-order valence-electron chi connectivity index (χ2n) is 7.65. The fraction of sp³-hybridized carbons (Fsp3) is 0.304. The number of carbonyl (C=O) groups is 2. The van der Waals surface area contributed by atoms with E-state index in [1.165, 1.54) is 11.0 Å². The van der Waals surface area contributed by atoms with Crippen molar-refractivity contribution in [1.82, 2.24) is 14.8 Å². The van der Waals surface area contributed by atoms with Crippen LogP contribution in [0.2, 0.25) is 5.02 Å². The summed E-state index contributed by atoms with van der Waals surface area (Å²) in [5, 5.41) is 1.07. The fourth-order valence-electron chi connectivity index (χ4n) is 3.65. The van der Waals surface area contributed by atoms with E-state index in [2.05, 4.69) is 4.98 Å². The molecule has 2 aromatic carbocycles. The molecule has 30 heavy (non-hydrogen) atoms. The van der Waals surface area contributed by atoms with Crippen molar-refractivity contribution in [3.05, 3.63) is 70.6 Å². The Hall–Kier alpha value is -2.70. The number of H-pyrrole nitrogens is 1. The Bertz CT molecular complexity index is 1050. The van der Waals surface area contributed by atoms with Gasteiger partial charge in [-0.15, -0.1) is 0 Å². The van der Waals surface area contributed by atoms with Crippen molar-refractivity contribution >= 4 is 34.7 Å². The van der Waals surface area contributed by atoms with Gasteiger partial charge in [0, 0.05) is 29.2 Å². The molecule has 0 spiro atoms. The third-order valence-electron chi connectivity index (χ3n) is 5.39. The molecule has 2 unspecified atom stereocenters. The first-order valence-corrected chi connectivity index (χ1v) is 10.1. The van der Waals surface area contributed by atoms with Gasteiger partial charge in [0.05, 0.1) is 12.1 Å². The van der Waals surface area contributed by atoms with Gasteiger partial charge in [0.25, 0.3) is 0 Å². The number of halogens is 2. The molecular formula is C23H25ClFN3O2. The number of hydrogen-bond acceptors (Lipinski definition) is 3. The number of aromatic nitrogens is 1. The average Bonchev–Trinajstić information content (AvgIpc) is 3.13. The third kappa shape index (κ3) is 4.71. The fourth-order valence-corrected chi connectivity index (χ4v) is 3.86. The van der Waals surface area contributed by atoms with Crippen LogP contribution in [0, 0.1) is 5.82 Å². The standard InChI is InChI=1S/C23H25ClFN3O2/c1-27(2)21(12-16-13-26-20-9-5-8-19(25)22(16)20)23(30)28(3)18(14-29)11-15-6-4-7-17(24)10-15/h4-10,13-14,18,21,26H,11-12H2,1-3H3. The van der Waals surface area contributed by atoms with Crippen molar-refractivity contribution in [1.29, 1.82) is 0 Å². The number of nitrogens with zero attached hydrogens (tertiary/aromatic N) is 2. The van der Waals surface area contributed by atoms with Crippen molar-refractivity contribution in [3.63, 3.8) is 0 Å². The molecule has 7 heteroatoms. The molecule has 2 atom stereocenters. The maximum atomic E-state index is 14.4. The minimum absolute atomic E-state index is 0.204. The van der Waals surface area contributed by atoms with E-state index >= 15 is 0 Å². The summed E-state index contributed by atoms with van der Waals surface area (Å²) < 4.78 is 14.4. The van der Waals surface area contributed by atoms with Crippen LogP contribution in [0.1, 0.15) is 11.1 Å². The molecule has 5 nitrogen and oxygen atoms in total. The van der Waals surface area contributed by atoms with Crippen molar-refractivity contribution in [2.24, 2.45) is 0 Å². The van der Waals surface area contributed by atoms with Crippen LogP contribution in [-0.2, 0) is 22.4 Å². The van der Waals surface area contributed by atoms with E-state index in [1.807, 2.05) is 12.1 Å². The molecule has 0 aliphatic rings. The summed E-state index contributed by atoms with van der Waals surface area (Å²) >= 11 is 6.04. The van der Waals surface area contributed by atoms with Crippen LogP contribution >= 0.6 is 11.6 Å². The lowest BCUT2D eigenvalue weighted by atomic mass is 10.0. The van der Waals surface area contributed by atoms with E-state index in [0.717, 1.165) is 17.4 Å². The van der Waals surface area contributed by atoms with Gasteiger partial charge in [-0.25, -0.2) is 4.39 Å². The normalized spacial score (nSPS) is 13.4. The average molecular weight is 430 g/mol. The highest BCUT2D eigenvalue weighted by Gasteiger charge is 2.29. The van der Waals surface area contributed by atoms with Crippen LogP contribution in [0.15, 0.2) is 48.7 Å². The Morgan fingerprint density at radius 2 is 1.90 bits per heavy atom. The molecule has 0 aliphatic carbocycles. The molecule has 158 valence electrons. The van der Waals surface area contributed by atoms with Gasteiger partial charge >= 0.3 is 0 Å². The van der Waals surface area contributed by atoms with Crippen LogP contribution in [0.25, 0.3) is 10.9 Å². The highest BCUT2D eigenvalue weighted by atomic mass is 35.5. The maximum absolute atomic E-state index is 14.4. The maximum Gasteiger partial charge on any atom is 0.240 e. The molecule has 0 saturated heterocycles. The van der Waals surface area contributed by atoms with Gasteiger partial charge in [-0.2, -0.15) is 0 Å². The second-order valence-corrected chi connectivity index (χ2v) is 8.08. The summed E-state index contributed by atoms with van der Waals surface area (Å²) in [6, 6.07) is 10.9. The number of amides is 1. The summed E-state index contributed by atoms with van der Waals surface area (Å²) in [4.78, 5) is 31.4. The van der Waals surface area contributed by atoms with Gasteiger partial charge in [-0.1, -0.05) is 29.8 Å². The van der Waals surface area contributed by atoms with Crippen molar-refractivity contribution in [2.45, 2.75) is 24.9 Å². The summed E-state index contributed by atoms with van der Waals surface area (Å²) in [6.45, 7) is 0. The monoisotopic (exact) mass is 429 g/mol. The Morgan fingerprint density at radius 1 is 1.17 bits per heavy atom. The zero-order valence-electron chi connectivity index (χ0n) is 17.2. The largest absolute Gasteiger partial charge is 0.361 e. The molecule has 1 amide bonds. The Balaban J connectivity index is 1.82. The van der Waals surface area contributed by atoms with Gasteiger partial charge < -0.3 is 14.7 Å². The Kier molecular flexibility index (Phi) is 6.90. The van der Waals surface area contributed by atoms with E-state index in [-0.39, 0.29) is 11.7 Å². The van der Waals surface area contributed by atoms with Crippen molar-refractivity contribution < 1.29 is 14.0 Å². The lowest BCUT2D eigenvalue weighted by molar-refractivity contribution is -0.139. The molecule has 1 heterocycles. The van der Waals surface area contributed by atoms with Gasteiger partial charge in [0.2, 0.25) is 5.91 Å². The molecule has 3 aromatic rings. The number of likely N-dealkylation sites (N-methyl/N-ethyl adjacent to an activating group) is 2. The first-order chi connectivity index (χ1) is 14.3. The molecule has 3 rings (SSSR count). The zero-order chi connectivity index (χ0) is 21.8. The van der Waals surface area contributed by atoms with E-state index in [1.54, 1.807) is 56.5 Å². The highest BCUT2D eigenvalue weighted by Crippen LogP contribution is 2.24. The predicted molar refractivity (Wildman–Crippen MR) is 117 cm³/mol. The van der Waals surface area contributed by atoms with E-state index < -0.39 is 12.1 Å². The predicted octanol–water partition coefficient (Wildman–Crippen LogP) is 3.70. The summed E-state index contributed by atoms with van der Waals surface area (Å²) in [6.07, 6.45) is 3.20. The molecule has 1 N–H and O–H groups in total. The third-order valence-corrected chi connectivity index (χ3v) is 5.63. The molecule has 0 bridgehead atoms. The van der Waals surface area contributed by atoms with E-state index in [0.29, 0.717) is 28.8 Å². The van der Waals surface area contributed by atoms with Crippen LogP contribution in [0.4, 0.5) is 4.39 Å². The smallest absolute Gasteiger partial charge is 0.240 e. The Morgan fingerprint density at radius 3 is 2.57 bits per heavy atom. The lowest BCUT2D eigenvalue weighted by Crippen LogP contribution is -2.50. The number of nitrogens with one attached hydrogen (secondary N) is 1. The number of aromatic amines is 1. The molecule has 0 saturated carbocycles. The number of rotatable bonds is 8. The first kappa shape index (κ1) is 22.0. The zero-order valence-corrected chi connectivity index (χ0v) is 18.0. The quantitative estimate of drug-likeness (QED) is 0.555. The van der Waals surface area contributed by atoms with Gasteiger partial charge in [-0.3, -0.25) is 9.69 Å². The molecule has 0 fully saturated rings. The van der Waals surface area contributed by atoms with Crippen molar-refractivity contribution in [2.75, 3.05) is 21.1 Å². The highest BCUT2D eigenvalue weighted by molar-refractivity contribution is 6.30. The van der Waals surface area contributed by atoms with E-state index in [9.17, 15) is 14.0 Å². The van der Waals surface area contributed by atoms with Crippen LogP contribution in [0.5, 0.6) is 0 Å². The molecule has 1 aromatic heterocycles. The number of hydrogen-bond donors (Lipinski definition) is 1. The number of fused-ring (bicyclic) bond motifs is 1. The van der Waals surface area contributed by atoms with Crippen LogP contribution < -0.4 is 0 Å². The minimum atomic E-state index is -0.627. The lowest BCUT2D eigenvalue weighted by Gasteiger charge is -2.31. The molecule has 0 radical (unpaired) electrons. The van der Waals surface area contributed by atoms with Crippen LogP contribution in [-0.4, -0.2) is 60.2 Å². The minimum Gasteiger partial charge on any atom is -0.361 e. The van der Waals surface area contributed by atoms with Crippen molar-refractivity contribution in [3.8, 4) is 0 Å². The molecular weight excluding hydrogens is 405 g/mol. The van der Waals surface area contributed by atoms with Gasteiger partial charge in [-0.05, 0) is 62.3 Å². The summed E-state index contributed by atoms with van der Waals surface area (Å²) in [5.41, 5.74) is 2.29. The summed E-state index contributed by atoms with van der Waals surface area (Å²) in [5.74, 6) is -0.529. The second kappa shape index (κ2) is 9.41. The topological polar surface area (TPSA) is 56.4 Å². The number of carbonyl (C=O) groups excluding carboxylic acids is 2. The Labute approximate surface area is 180 Å². The van der Waals surface area contributed by atoms with Crippen LogP contribution in [0.3, 0.4) is 0 Å². The first-order valence-electron chi connectivity index (χ1n) is 9.69. The molecule has 0 aliphatic heterocycles. The van der Waals surface area contributed by atoms with E-state index in [4.69, 9.17) is 11.6 Å². The number of benzene rings is 2. The number of aldehydes is 1. The summed E-state index contributed by atoms with van der Waals surface area (Å²) in [7, 11) is 5.22. The van der Waals surface area contributed by atoms with Gasteiger partial charge in [0.1, 0.15) is 12.1 Å². The van der Waals surface area contributed by atoms with Gasteiger partial charge in [0.15, 0.2) is 0 Å². The SMILES string of the molecule is CN(C)C(Cc1c[nH]c2cccc(F)c12)C(=O)N(C)C(C=O)Cc1cccc(Cl)c1.